The number of benzene rings is 1. The first-order valence-electron chi connectivity index (χ1n) is 21.5. The van der Waals surface area contributed by atoms with Crippen LogP contribution in [0.25, 0.3) is 0 Å². The molecule has 0 N–H and O–H groups in total. The average molecular weight is 915 g/mol. The summed E-state index contributed by atoms with van der Waals surface area (Å²) in [6.07, 6.45) is 15.5. The maximum absolute atomic E-state index is 5.79. The van der Waals surface area contributed by atoms with Gasteiger partial charge in [0.15, 0.2) is 0 Å². The molecule has 0 aliphatic heterocycles. The predicted octanol–water partition coefficient (Wildman–Crippen LogP) is 7.54. The van der Waals surface area contributed by atoms with E-state index in [1.165, 1.54) is 74.2 Å². The lowest BCUT2D eigenvalue weighted by molar-refractivity contribution is -0.0277. The molecule has 13 heteroatoms. The Balaban J connectivity index is 1.67. The fraction of sp³-hybridized carbons (Fsp3) is 0.860. The molecule has 0 amide bonds. The maximum atomic E-state index is 5.79. The van der Waals surface area contributed by atoms with Crippen LogP contribution in [0.15, 0.2) is 24.3 Å². The Morgan fingerprint density at radius 1 is 0.321 bits per heavy atom. The highest BCUT2D eigenvalue weighted by Crippen LogP contribution is 2.15. The molecule has 0 saturated heterocycles. The first kappa shape index (κ1) is 53.3. The van der Waals surface area contributed by atoms with Crippen molar-refractivity contribution in [3.05, 3.63) is 29.8 Å². The summed E-state index contributed by atoms with van der Waals surface area (Å²) in [5.41, 5.74) is 1.38. The van der Waals surface area contributed by atoms with Crippen LogP contribution in [0, 0.1) is 0 Å². The third-order valence-electron chi connectivity index (χ3n) is 8.38. The number of ether oxygens (including phenoxy) is 12. The van der Waals surface area contributed by atoms with Crippen LogP contribution in [0.3, 0.4) is 0 Å². The molecule has 1 aromatic carbocycles. The van der Waals surface area contributed by atoms with Crippen LogP contribution in [0.2, 0.25) is 0 Å². The number of hydrogen-bond donors (Lipinski definition) is 0. The highest BCUT2D eigenvalue weighted by atomic mass is 127. The van der Waals surface area contributed by atoms with Crippen molar-refractivity contribution in [2.45, 2.75) is 84.0 Å². The van der Waals surface area contributed by atoms with Gasteiger partial charge in [-0.25, -0.2) is 0 Å². The lowest BCUT2D eigenvalue weighted by Crippen LogP contribution is -2.15. The monoisotopic (exact) mass is 914 g/mol. The summed E-state index contributed by atoms with van der Waals surface area (Å²) in [5.74, 6) is 0.888. The summed E-state index contributed by atoms with van der Waals surface area (Å²) >= 11 is 2.42. The number of rotatable bonds is 48. The molecule has 56 heavy (non-hydrogen) atoms. The normalized spacial score (nSPS) is 11.5. The Morgan fingerprint density at radius 3 is 1.00 bits per heavy atom. The number of unbranched alkanes of at least 4 members (excludes halogenated alkanes) is 9. The van der Waals surface area contributed by atoms with Crippen molar-refractivity contribution in [1.29, 1.82) is 0 Å². The van der Waals surface area contributed by atoms with Crippen molar-refractivity contribution >= 4 is 22.6 Å². The maximum Gasteiger partial charge on any atom is 0.119 e. The third kappa shape index (κ3) is 41.5. The second kappa shape index (κ2) is 47.0. The quantitative estimate of drug-likeness (QED) is 0.0366. The SMILES string of the molecule is CCCCCCCCCc1ccc(OCCOCCOCCOCCOCCOCCOCCOCCOCCOCCOCCOCCCCCCI)cc1. The molecule has 330 valence electrons. The molecule has 0 aliphatic carbocycles. The van der Waals surface area contributed by atoms with Crippen molar-refractivity contribution in [2.24, 2.45) is 0 Å². The van der Waals surface area contributed by atoms with Crippen LogP contribution in [0.1, 0.15) is 83.1 Å². The minimum absolute atomic E-state index is 0.516. The van der Waals surface area contributed by atoms with Crippen molar-refractivity contribution in [3.8, 4) is 5.75 Å². The van der Waals surface area contributed by atoms with Gasteiger partial charge in [0.2, 0.25) is 0 Å². The molecular formula is C43H79IO12. The van der Waals surface area contributed by atoms with Gasteiger partial charge in [-0.3, -0.25) is 0 Å². The number of halogens is 1. The summed E-state index contributed by atoms with van der Waals surface area (Å²) in [4.78, 5) is 0. The molecule has 0 spiro atoms. The van der Waals surface area contributed by atoms with Gasteiger partial charge >= 0.3 is 0 Å². The Bertz CT molecular complexity index is 870. The van der Waals surface area contributed by atoms with E-state index in [9.17, 15) is 0 Å². The lowest BCUT2D eigenvalue weighted by Gasteiger charge is -2.09. The molecule has 0 fully saturated rings. The molecule has 0 atom stereocenters. The van der Waals surface area contributed by atoms with E-state index in [0.717, 1.165) is 25.2 Å². The van der Waals surface area contributed by atoms with E-state index in [0.29, 0.717) is 145 Å². The highest BCUT2D eigenvalue weighted by Gasteiger charge is 2.00. The van der Waals surface area contributed by atoms with Gasteiger partial charge in [0, 0.05) is 6.61 Å². The zero-order valence-corrected chi connectivity index (χ0v) is 37.2. The summed E-state index contributed by atoms with van der Waals surface area (Å²) in [7, 11) is 0. The Labute approximate surface area is 354 Å². The van der Waals surface area contributed by atoms with Gasteiger partial charge in [0.05, 0.1) is 139 Å². The number of alkyl halides is 1. The highest BCUT2D eigenvalue weighted by molar-refractivity contribution is 14.1. The fourth-order valence-corrected chi connectivity index (χ4v) is 5.75. The zero-order valence-electron chi connectivity index (χ0n) is 35.0. The van der Waals surface area contributed by atoms with Gasteiger partial charge in [0.1, 0.15) is 12.4 Å². The fourth-order valence-electron chi connectivity index (χ4n) is 5.21. The molecule has 0 aromatic heterocycles. The van der Waals surface area contributed by atoms with Crippen LogP contribution in [-0.4, -0.2) is 156 Å². The Hall–Kier alpha value is -0.690. The van der Waals surface area contributed by atoms with E-state index in [1.807, 2.05) is 0 Å². The van der Waals surface area contributed by atoms with E-state index in [1.54, 1.807) is 0 Å². The van der Waals surface area contributed by atoms with Crippen LogP contribution in [0.4, 0.5) is 0 Å². The van der Waals surface area contributed by atoms with Gasteiger partial charge in [-0.2, -0.15) is 0 Å². The summed E-state index contributed by atoms with van der Waals surface area (Å²) in [6.45, 7) is 14.9. The molecule has 0 saturated carbocycles. The molecule has 0 unspecified atom stereocenters. The second-order valence-electron chi connectivity index (χ2n) is 13.2. The molecular weight excluding hydrogens is 835 g/mol. The van der Waals surface area contributed by atoms with E-state index >= 15 is 0 Å². The number of aryl methyl sites for hydroxylation is 1. The molecule has 1 aromatic rings. The van der Waals surface area contributed by atoms with Crippen molar-refractivity contribution in [2.75, 3.05) is 156 Å². The van der Waals surface area contributed by atoms with Crippen molar-refractivity contribution < 1.29 is 56.8 Å². The minimum atomic E-state index is 0.516. The van der Waals surface area contributed by atoms with E-state index in [-0.39, 0.29) is 0 Å². The van der Waals surface area contributed by atoms with E-state index in [2.05, 4.69) is 53.8 Å². The Kier molecular flexibility index (Phi) is 44.8. The molecule has 0 heterocycles. The van der Waals surface area contributed by atoms with Crippen LogP contribution in [0.5, 0.6) is 5.75 Å². The van der Waals surface area contributed by atoms with Crippen molar-refractivity contribution in [3.63, 3.8) is 0 Å². The topological polar surface area (TPSA) is 111 Å². The summed E-state index contributed by atoms with van der Waals surface area (Å²) < 4.78 is 67.9. The lowest BCUT2D eigenvalue weighted by atomic mass is 10.0. The molecule has 0 radical (unpaired) electrons. The van der Waals surface area contributed by atoms with E-state index in [4.69, 9.17) is 56.8 Å². The second-order valence-corrected chi connectivity index (χ2v) is 14.3. The number of hydrogen-bond acceptors (Lipinski definition) is 12. The molecule has 12 nitrogen and oxygen atoms in total. The first-order chi connectivity index (χ1) is 27.9. The standard InChI is InChI=1S/C43H79IO12/c1-2-3-4-5-6-7-10-13-42-14-16-43(17-15-42)56-41-40-55-39-38-54-37-36-53-35-34-52-33-32-51-31-30-50-29-28-49-27-26-48-25-24-47-23-22-46-21-20-45-19-12-9-8-11-18-44/h14-17H,2-13,18-41H2,1H3. The van der Waals surface area contributed by atoms with E-state index < -0.39 is 0 Å². The van der Waals surface area contributed by atoms with Crippen LogP contribution >= 0.6 is 22.6 Å². The Morgan fingerprint density at radius 2 is 0.625 bits per heavy atom. The largest absolute Gasteiger partial charge is 0.491 e. The molecule has 1 rings (SSSR count). The third-order valence-corrected chi connectivity index (χ3v) is 9.14. The van der Waals surface area contributed by atoms with Gasteiger partial charge < -0.3 is 56.8 Å². The first-order valence-corrected chi connectivity index (χ1v) is 23.0. The van der Waals surface area contributed by atoms with Gasteiger partial charge in [-0.1, -0.05) is 93.0 Å². The van der Waals surface area contributed by atoms with Crippen LogP contribution in [-0.2, 0) is 58.5 Å². The zero-order chi connectivity index (χ0) is 39.9. The summed E-state index contributed by atoms with van der Waals surface area (Å²) in [6, 6.07) is 8.46. The minimum Gasteiger partial charge on any atom is -0.491 e. The van der Waals surface area contributed by atoms with Crippen molar-refractivity contribution in [1.82, 2.24) is 0 Å². The summed E-state index contributed by atoms with van der Waals surface area (Å²) in [5, 5.41) is 0. The van der Waals surface area contributed by atoms with Crippen LogP contribution < -0.4 is 4.74 Å². The van der Waals surface area contributed by atoms with Gasteiger partial charge in [-0.15, -0.1) is 0 Å². The smallest absolute Gasteiger partial charge is 0.119 e. The molecule has 0 aliphatic rings. The van der Waals surface area contributed by atoms with Gasteiger partial charge in [0.25, 0.3) is 0 Å². The average Bonchev–Trinajstić information content (AvgIpc) is 3.22. The molecule has 0 bridgehead atoms. The predicted molar refractivity (Wildman–Crippen MR) is 230 cm³/mol. The van der Waals surface area contributed by atoms with Gasteiger partial charge in [-0.05, 0) is 47.8 Å².